The molecule has 2 amide bonds. The molecule has 14 heteroatoms. The fraction of sp³-hybridized carbons (Fsp3) is 0.286. The van der Waals surface area contributed by atoms with Crippen molar-refractivity contribution in [3.05, 3.63) is 65.7 Å². The number of nitriles is 1. The van der Waals surface area contributed by atoms with Gasteiger partial charge in [-0.3, -0.25) is 9.59 Å². The third-order valence-electron chi connectivity index (χ3n) is 4.90. The molecular weight excluding hydrogens is 501 g/mol. The molecule has 2 rings (SSSR count). The molecule has 0 N–H and O–H groups in total. The highest BCUT2D eigenvalue weighted by molar-refractivity contribution is 7.92. The molecule has 35 heavy (non-hydrogen) atoms. The first-order valence-electron chi connectivity index (χ1n) is 9.56. The highest BCUT2D eigenvalue weighted by atomic mass is 32.2. The second-order valence-electron chi connectivity index (χ2n) is 7.17. The molecule has 2 aromatic carbocycles. The van der Waals surface area contributed by atoms with Crippen LogP contribution in [0.4, 0.5) is 22.0 Å². The lowest BCUT2D eigenvalue weighted by Gasteiger charge is -2.40. The predicted octanol–water partition coefficient (Wildman–Crippen LogP) is 3.52. The van der Waals surface area contributed by atoms with Gasteiger partial charge >= 0.3 is 12.9 Å². The Balaban J connectivity index is 2.78. The number of rotatable bonds is 8. The lowest BCUT2D eigenvalue weighted by atomic mass is 10.1. The number of likely N-dealkylation sites (N-methyl/N-ethyl adjacent to an activating group) is 1. The Kier molecular flexibility index (Phi) is 8.07. The smallest absolute Gasteiger partial charge is 0.435 e. The molecule has 188 valence electrons. The van der Waals surface area contributed by atoms with Gasteiger partial charge in [0.05, 0.1) is 5.75 Å². The highest BCUT2D eigenvalue weighted by Gasteiger charge is 2.63. The number of para-hydroxylation sites is 1. The van der Waals surface area contributed by atoms with Crippen molar-refractivity contribution in [2.45, 2.75) is 30.5 Å². The van der Waals surface area contributed by atoms with E-state index in [0.29, 0.717) is 14.0 Å². The van der Waals surface area contributed by atoms with Crippen LogP contribution >= 0.6 is 0 Å². The van der Waals surface area contributed by atoms with Crippen LogP contribution in [0, 0.1) is 11.5 Å². The first-order valence-corrected chi connectivity index (χ1v) is 11.2. The summed E-state index contributed by atoms with van der Waals surface area (Å²) in [5, 5.41) is 9.08. The number of benzene rings is 2. The quantitative estimate of drug-likeness (QED) is 0.229. The zero-order valence-corrected chi connectivity index (χ0v) is 19.0. The molecule has 0 aromatic heterocycles. The van der Waals surface area contributed by atoms with Crippen molar-refractivity contribution in [2.24, 2.45) is 0 Å². The van der Waals surface area contributed by atoms with Crippen LogP contribution in [0.15, 0.2) is 54.6 Å². The maximum absolute atomic E-state index is 14.3. The summed E-state index contributed by atoms with van der Waals surface area (Å²) in [5.74, 6) is -5.86. The lowest BCUT2D eigenvalue weighted by Crippen LogP contribution is -2.67. The Labute approximate surface area is 197 Å². The van der Waals surface area contributed by atoms with Crippen LogP contribution in [0.1, 0.15) is 22.8 Å². The van der Waals surface area contributed by atoms with E-state index in [2.05, 4.69) is 4.74 Å². The van der Waals surface area contributed by atoms with Crippen molar-refractivity contribution < 1.29 is 44.7 Å². The maximum atomic E-state index is 14.3. The number of amides is 2. The second-order valence-corrected chi connectivity index (χ2v) is 9.48. The summed E-state index contributed by atoms with van der Waals surface area (Å²) < 4.78 is 99.4. The fourth-order valence-corrected chi connectivity index (χ4v) is 4.96. The largest absolute Gasteiger partial charge is 0.489 e. The van der Waals surface area contributed by atoms with E-state index in [-0.39, 0.29) is 4.90 Å². The molecule has 0 spiro atoms. The van der Waals surface area contributed by atoms with Crippen molar-refractivity contribution in [2.75, 3.05) is 7.05 Å². The maximum Gasteiger partial charge on any atom is 0.489 e. The van der Waals surface area contributed by atoms with Crippen LogP contribution in [0.2, 0.25) is 0 Å². The number of carbonyl (C=O) groups is 2. The molecule has 2 aromatic rings. The highest BCUT2D eigenvalue weighted by Crippen LogP contribution is 2.39. The second kappa shape index (κ2) is 10.3. The van der Waals surface area contributed by atoms with Crippen LogP contribution in [0.5, 0.6) is 5.75 Å². The fourth-order valence-electron chi connectivity index (χ4n) is 3.16. The molecular formula is C21H18F5N3O5S. The van der Waals surface area contributed by atoms with Crippen molar-refractivity contribution in [3.8, 4) is 11.9 Å². The molecule has 0 heterocycles. The molecule has 0 saturated heterocycles. The van der Waals surface area contributed by atoms with Gasteiger partial charge in [0, 0.05) is 18.2 Å². The minimum Gasteiger partial charge on any atom is -0.435 e. The predicted molar refractivity (Wildman–Crippen MR) is 111 cm³/mol. The Hall–Kier alpha value is -3.73. The monoisotopic (exact) mass is 519 g/mol. The van der Waals surface area contributed by atoms with Crippen molar-refractivity contribution in [3.63, 3.8) is 0 Å². The number of ether oxygens (including phenoxy) is 1. The molecule has 0 aliphatic heterocycles. The van der Waals surface area contributed by atoms with E-state index < -0.39 is 67.0 Å². The molecule has 0 radical (unpaired) electrons. The summed E-state index contributed by atoms with van der Waals surface area (Å²) in [4.78, 5) is 21.2. The zero-order valence-electron chi connectivity index (χ0n) is 18.2. The zero-order chi connectivity index (χ0) is 26.6. The summed E-state index contributed by atoms with van der Waals surface area (Å²) in [6, 6.07) is 10.1. The number of carbonyl (C=O) groups excluding carboxylic acids is 2. The first kappa shape index (κ1) is 27.5. The van der Waals surface area contributed by atoms with Gasteiger partial charge in [-0.25, -0.2) is 18.2 Å². The number of hydrogen-bond donors (Lipinski definition) is 0. The van der Waals surface area contributed by atoms with Gasteiger partial charge in [-0.1, -0.05) is 36.4 Å². The normalized spacial score (nSPS) is 13.5. The molecule has 8 nitrogen and oxygen atoms in total. The molecule has 0 unspecified atom stereocenters. The summed E-state index contributed by atoms with van der Waals surface area (Å²) in [6.45, 7) is -3.06. The average Bonchev–Trinajstić information content (AvgIpc) is 2.78. The van der Waals surface area contributed by atoms with Gasteiger partial charge in [0.15, 0.2) is 16.0 Å². The van der Waals surface area contributed by atoms with Gasteiger partial charge < -0.3 is 4.74 Å². The van der Waals surface area contributed by atoms with Crippen molar-refractivity contribution in [1.29, 1.82) is 5.26 Å². The van der Waals surface area contributed by atoms with E-state index in [9.17, 15) is 40.0 Å². The van der Waals surface area contributed by atoms with Crippen LogP contribution in [0.25, 0.3) is 0 Å². The summed E-state index contributed by atoms with van der Waals surface area (Å²) in [6.07, 6.45) is -4.50. The molecule has 0 bridgehead atoms. The Morgan fingerprint density at radius 3 is 2.11 bits per heavy atom. The standard InChI is InChI=1S/C21H18F5N3O5S/c1-20(18(31)28(2)13-27,29(21(24,25)26)17(30)14-8-4-3-5-9-14)35(32,33)12-15-10-6-7-11-16(15)34-19(22)23/h3-11,19H,12H2,1-2H3/t20-/m1/s1. The number of hydrogen-bond acceptors (Lipinski definition) is 6. The SMILES string of the molecule is CN(C#N)C(=O)[C@](C)(N(C(=O)c1ccccc1)C(F)(F)F)S(=O)(=O)Cc1ccccc1OC(F)F. The number of nitrogens with zero attached hydrogens (tertiary/aromatic N) is 3. The molecule has 0 aliphatic carbocycles. The average molecular weight is 519 g/mol. The Bertz CT molecular complexity index is 1230. The van der Waals surface area contributed by atoms with Crippen LogP contribution in [-0.2, 0) is 20.4 Å². The molecule has 0 saturated carbocycles. The van der Waals surface area contributed by atoms with Gasteiger partial charge in [-0.15, -0.1) is 13.2 Å². The van der Waals surface area contributed by atoms with Gasteiger partial charge in [0.25, 0.3) is 11.8 Å². The van der Waals surface area contributed by atoms with E-state index in [0.717, 1.165) is 24.3 Å². The van der Waals surface area contributed by atoms with Crippen molar-refractivity contribution >= 4 is 21.7 Å². The van der Waals surface area contributed by atoms with E-state index in [1.165, 1.54) is 36.5 Å². The lowest BCUT2D eigenvalue weighted by molar-refractivity contribution is -0.240. The third-order valence-corrected chi connectivity index (χ3v) is 7.15. The minimum atomic E-state index is -5.72. The summed E-state index contributed by atoms with van der Waals surface area (Å²) in [5.41, 5.74) is -1.10. The Morgan fingerprint density at radius 2 is 1.60 bits per heavy atom. The summed E-state index contributed by atoms with van der Waals surface area (Å²) in [7, 11) is -4.69. The van der Waals surface area contributed by atoms with Gasteiger partial charge in [0.2, 0.25) is 4.87 Å². The van der Waals surface area contributed by atoms with E-state index in [1.54, 1.807) is 0 Å². The minimum absolute atomic E-state index is 0.0239. The molecule has 0 aliphatic rings. The van der Waals surface area contributed by atoms with Gasteiger partial charge in [-0.05, 0) is 25.1 Å². The van der Waals surface area contributed by atoms with E-state index in [1.807, 2.05) is 0 Å². The molecule has 0 fully saturated rings. The van der Waals surface area contributed by atoms with E-state index >= 15 is 0 Å². The number of halogens is 5. The summed E-state index contributed by atoms with van der Waals surface area (Å²) >= 11 is 0. The number of alkyl halides is 5. The first-order chi connectivity index (χ1) is 16.2. The van der Waals surface area contributed by atoms with Crippen LogP contribution < -0.4 is 4.74 Å². The van der Waals surface area contributed by atoms with E-state index in [4.69, 9.17) is 5.26 Å². The van der Waals surface area contributed by atoms with Crippen LogP contribution in [-0.4, -0.2) is 54.9 Å². The topological polar surface area (TPSA) is 108 Å². The third kappa shape index (κ3) is 5.68. The number of sulfone groups is 1. The Morgan fingerprint density at radius 1 is 1.06 bits per heavy atom. The molecule has 1 atom stereocenters. The van der Waals surface area contributed by atoms with Gasteiger partial charge in [0.1, 0.15) is 5.75 Å². The van der Waals surface area contributed by atoms with Gasteiger partial charge in [-0.2, -0.15) is 14.0 Å². The van der Waals surface area contributed by atoms with Crippen molar-refractivity contribution in [1.82, 2.24) is 9.80 Å². The van der Waals surface area contributed by atoms with Crippen LogP contribution in [0.3, 0.4) is 0 Å².